The molecule has 5 heterocycles. The first-order valence-electron chi connectivity index (χ1n) is 9.61. The van der Waals surface area contributed by atoms with Gasteiger partial charge in [0.05, 0.1) is 11.7 Å². The number of nitrogens with one attached hydrogen (secondary N) is 1. The molecule has 3 aromatic rings. The highest BCUT2D eigenvalue weighted by molar-refractivity contribution is 5.91. The van der Waals surface area contributed by atoms with Gasteiger partial charge in [0.25, 0.3) is 0 Å². The van der Waals surface area contributed by atoms with Crippen LogP contribution in [-0.2, 0) is 0 Å². The van der Waals surface area contributed by atoms with Crippen LogP contribution in [0.4, 0.5) is 10.6 Å². The number of amides is 2. The lowest BCUT2D eigenvalue weighted by Crippen LogP contribution is -2.51. The molecule has 0 radical (unpaired) electrons. The number of rotatable bonds is 2. The highest BCUT2D eigenvalue weighted by atomic mass is 16.4. The predicted octanol–water partition coefficient (Wildman–Crippen LogP) is 3.08. The van der Waals surface area contributed by atoms with Crippen molar-refractivity contribution >= 4 is 22.8 Å². The molecule has 8 nitrogen and oxygen atoms in total. The number of pyridine rings is 2. The van der Waals surface area contributed by atoms with E-state index in [0.717, 1.165) is 36.6 Å². The maximum atomic E-state index is 12.9. The highest BCUT2D eigenvalue weighted by Gasteiger charge is 2.42. The third kappa shape index (κ3) is 2.99. The molecular formula is C20H22N6O2. The molecule has 0 spiro atoms. The summed E-state index contributed by atoms with van der Waals surface area (Å²) >= 11 is 0. The van der Waals surface area contributed by atoms with Crippen molar-refractivity contribution in [3.8, 4) is 11.5 Å². The molecule has 144 valence electrons. The van der Waals surface area contributed by atoms with Gasteiger partial charge < -0.3 is 15.1 Å². The molecule has 0 aromatic carbocycles. The number of hydrogen-bond donors (Lipinski definition) is 2. The van der Waals surface area contributed by atoms with Gasteiger partial charge in [-0.15, -0.1) is 0 Å². The van der Waals surface area contributed by atoms with Gasteiger partial charge in [0.15, 0.2) is 11.7 Å². The number of nitrogens with two attached hydrogens (primary N) is 1. The molecule has 2 fully saturated rings. The van der Waals surface area contributed by atoms with Crippen LogP contribution in [0.15, 0.2) is 35.0 Å². The van der Waals surface area contributed by atoms with E-state index >= 15 is 0 Å². The van der Waals surface area contributed by atoms with E-state index in [0.29, 0.717) is 23.2 Å². The smallest absolute Gasteiger partial charge is 0.323 e. The van der Waals surface area contributed by atoms with E-state index < -0.39 is 0 Å². The first kappa shape index (κ1) is 17.1. The van der Waals surface area contributed by atoms with Crippen molar-refractivity contribution in [1.29, 1.82) is 0 Å². The molecule has 3 atom stereocenters. The van der Waals surface area contributed by atoms with Crippen LogP contribution >= 0.6 is 0 Å². The second-order valence-corrected chi connectivity index (χ2v) is 7.66. The van der Waals surface area contributed by atoms with Crippen LogP contribution in [0.1, 0.15) is 31.6 Å². The second kappa shape index (κ2) is 6.56. The maximum Gasteiger partial charge on any atom is 0.323 e. The number of nitrogens with zero attached hydrogens (tertiary/aromatic N) is 4. The number of aryl methyl sites for hydroxylation is 1. The Hall–Kier alpha value is -3.00. The zero-order chi connectivity index (χ0) is 19.3. The topological polar surface area (TPSA) is 110 Å². The molecule has 28 heavy (non-hydrogen) atoms. The Bertz CT molecular complexity index is 1030. The number of hydrogen-bond acceptors (Lipinski definition) is 6. The Kier molecular flexibility index (Phi) is 4.01. The van der Waals surface area contributed by atoms with Gasteiger partial charge in [-0.25, -0.2) is 19.7 Å². The minimum atomic E-state index is -0.103. The summed E-state index contributed by atoms with van der Waals surface area (Å²) in [5, 5.41) is 3.83. The van der Waals surface area contributed by atoms with E-state index in [4.69, 9.17) is 10.2 Å². The summed E-state index contributed by atoms with van der Waals surface area (Å²) in [6.45, 7) is 1.79. The summed E-state index contributed by atoms with van der Waals surface area (Å²) in [6, 6.07) is 6.15. The number of piperidine rings is 1. The summed E-state index contributed by atoms with van der Waals surface area (Å²) < 4.78 is 5.56. The Morgan fingerprint density at radius 1 is 1.21 bits per heavy atom. The number of anilines is 1. The summed E-state index contributed by atoms with van der Waals surface area (Å²) in [4.78, 5) is 27.9. The quantitative estimate of drug-likeness (QED) is 0.709. The summed E-state index contributed by atoms with van der Waals surface area (Å²) in [7, 11) is 0. The van der Waals surface area contributed by atoms with Crippen molar-refractivity contribution in [2.45, 2.75) is 50.7 Å². The molecule has 3 aromatic heterocycles. The van der Waals surface area contributed by atoms with Crippen LogP contribution in [0, 0.1) is 6.92 Å². The van der Waals surface area contributed by atoms with Gasteiger partial charge in [-0.05, 0) is 37.8 Å². The molecular weight excluding hydrogens is 356 g/mol. The number of carbonyl (C=O) groups excluding carboxylic acids is 1. The fourth-order valence-corrected chi connectivity index (χ4v) is 4.43. The zero-order valence-corrected chi connectivity index (χ0v) is 15.6. The van der Waals surface area contributed by atoms with E-state index in [1.165, 1.54) is 0 Å². The van der Waals surface area contributed by atoms with Crippen molar-refractivity contribution < 1.29 is 9.21 Å². The number of oxazole rings is 1. The average Bonchev–Trinajstić information content (AvgIpc) is 3.22. The summed E-state index contributed by atoms with van der Waals surface area (Å²) in [5.41, 5.74) is 7.54. The molecule has 2 bridgehead atoms. The van der Waals surface area contributed by atoms with Gasteiger partial charge in [-0.3, -0.25) is 5.32 Å². The Morgan fingerprint density at radius 3 is 2.71 bits per heavy atom. The van der Waals surface area contributed by atoms with E-state index in [1.807, 2.05) is 17.0 Å². The minimum Gasteiger partial charge on any atom is -0.439 e. The number of aromatic nitrogens is 3. The van der Waals surface area contributed by atoms with Crippen LogP contribution in [-0.4, -0.2) is 44.0 Å². The molecule has 0 aliphatic carbocycles. The molecule has 3 N–H and O–H groups in total. The summed E-state index contributed by atoms with van der Waals surface area (Å²) in [6.07, 6.45) is 7.17. The van der Waals surface area contributed by atoms with E-state index in [2.05, 4.69) is 20.3 Å². The first-order valence-corrected chi connectivity index (χ1v) is 9.61. The third-order valence-electron chi connectivity index (χ3n) is 5.69. The van der Waals surface area contributed by atoms with Gasteiger partial charge in [-0.1, -0.05) is 0 Å². The molecule has 2 saturated heterocycles. The molecule has 5 rings (SSSR count). The zero-order valence-electron chi connectivity index (χ0n) is 15.6. The van der Waals surface area contributed by atoms with E-state index in [1.54, 1.807) is 25.4 Å². The Morgan fingerprint density at radius 2 is 2.00 bits per heavy atom. The van der Waals surface area contributed by atoms with E-state index in [-0.39, 0.29) is 24.2 Å². The number of carbonyl (C=O) groups is 1. The average molecular weight is 378 g/mol. The first-order chi connectivity index (χ1) is 13.6. The molecule has 8 heteroatoms. The molecule has 2 aliphatic heterocycles. The van der Waals surface area contributed by atoms with Gasteiger partial charge in [0.2, 0.25) is 0 Å². The molecule has 0 saturated carbocycles. The Labute approximate surface area is 162 Å². The highest BCUT2D eigenvalue weighted by Crippen LogP contribution is 2.35. The van der Waals surface area contributed by atoms with E-state index in [9.17, 15) is 4.79 Å². The normalized spacial score (nSPS) is 23.9. The van der Waals surface area contributed by atoms with Crippen molar-refractivity contribution in [3.05, 3.63) is 36.5 Å². The SMILES string of the molecule is Cc1ncc(-c2ccc3cnc(NC(=O)N4[C@@H]5CC[C@H]4CC(N)C5)cc3n2)o1. The predicted molar refractivity (Wildman–Crippen MR) is 105 cm³/mol. The molecule has 2 aliphatic rings. The van der Waals surface area contributed by atoms with Gasteiger partial charge in [-0.2, -0.15) is 0 Å². The largest absolute Gasteiger partial charge is 0.439 e. The van der Waals surface area contributed by atoms with Crippen LogP contribution in [0.25, 0.3) is 22.4 Å². The van der Waals surface area contributed by atoms with Crippen LogP contribution < -0.4 is 11.1 Å². The van der Waals surface area contributed by atoms with Gasteiger partial charge >= 0.3 is 6.03 Å². The number of urea groups is 1. The van der Waals surface area contributed by atoms with Gasteiger partial charge in [0.1, 0.15) is 11.5 Å². The lowest BCUT2D eigenvalue weighted by molar-refractivity contribution is 0.150. The maximum absolute atomic E-state index is 12.9. The van der Waals surface area contributed by atoms with Crippen LogP contribution in [0.2, 0.25) is 0 Å². The van der Waals surface area contributed by atoms with Gasteiger partial charge in [0, 0.05) is 42.7 Å². The third-order valence-corrected chi connectivity index (χ3v) is 5.69. The lowest BCUT2D eigenvalue weighted by Gasteiger charge is -2.37. The monoisotopic (exact) mass is 378 g/mol. The second-order valence-electron chi connectivity index (χ2n) is 7.66. The van der Waals surface area contributed by atoms with Crippen LogP contribution in [0.5, 0.6) is 0 Å². The molecule has 2 amide bonds. The molecule has 1 unspecified atom stereocenters. The van der Waals surface area contributed by atoms with Crippen molar-refractivity contribution in [1.82, 2.24) is 19.9 Å². The van der Waals surface area contributed by atoms with Crippen molar-refractivity contribution in [2.24, 2.45) is 5.73 Å². The number of fused-ring (bicyclic) bond motifs is 3. The van der Waals surface area contributed by atoms with Crippen molar-refractivity contribution in [2.75, 3.05) is 5.32 Å². The standard InChI is InChI=1S/C20H22N6O2/c1-11-22-10-18(28-11)16-5-2-12-9-23-19(8-17(12)24-16)25-20(27)26-14-3-4-15(26)7-13(21)6-14/h2,5,8-10,13-15H,3-4,6-7,21H2,1H3,(H,23,25,27)/t13?,14-,15+. The summed E-state index contributed by atoms with van der Waals surface area (Å²) in [5.74, 6) is 1.70. The fourth-order valence-electron chi connectivity index (χ4n) is 4.43. The van der Waals surface area contributed by atoms with Crippen LogP contribution in [0.3, 0.4) is 0 Å². The lowest BCUT2D eigenvalue weighted by atomic mass is 9.99. The van der Waals surface area contributed by atoms with Crippen molar-refractivity contribution in [3.63, 3.8) is 0 Å². The minimum absolute atomic E-state index is 0.103. The Balaban J connectivity index is 1.39. The fraction of sp³-hybridized carbons (Fsp3) is 0.400.